The molecule has 0 saturated carbocycles. The molecule has 0 atom stereocenters. The quantitative estimate of drug-likeness (QED) is 0.593. The Morgan fingerprint density at radius 1 is 1.62 bits per heavy atom. The van der Waals surface area contributed by atoms with Crippen LogP contribution in [0.1, 0.15) is 12.1 Å². The summed E-state index contributed by atoms with van der Waals surface area (Å²) in [7, 11) is 1.35. The van der Waals surface area contributed by atoms with Crippen LogP contribution >= 0.6 is 38.5 Å². The first-order valence-corrected chi connectivity index (χ1v) is 5.11. The molecule has 72 valence electrons. The van der Waals surface area contributed by atoms with E-state index in [4.69, 9.17) is 4.74 Å². The van der Waals surface area contributed by atoms with Crippen molar-refractivity contribution in [3.63, 3.8) is 0 Å². The van der Waals surface area contributed by atoms with Gasteiger partial charge in [-0.2, -0.15) is 0 Å². The minimum atomic E-state index is -2.62. The summed E-state index contributed by atoms with van der Waals surface area (Å²) in [6.45, 7) is 0. The molecule has 1 rings (SSSR count). The summed E-state index contributed by atoms with van der Waals surface area (Å²) in [5, 5.41) is 0. The molecule has 0 aliphatic carbocycles. The van der Waals surface area contributed by atoms with Gasteiger partial charge in [0.15, 0.2) is 11.4 Å². The van der Waals surface area contributed by atoms with Crippen molar-refractivity contribution in [2.45, 2.75) is 6.43 Å². The molecular weight excluding hydrogens is 359 g/mol. The summed E-state index contributed by atoms with van der Waals surface area (Å²) in [6, 6.07) is 1.62. The van der Waals surface area contributed by atoms with Gasteiger partial charge in [0.25, 0.3) is 6.43 Å². The number of methoxy groups -OCH3 is 1. The van der Waals surface area contributed by atoms with Crippen LogP contribution in [0.5, 0.6) is 5.75 Å². The van der Waals surface area contributed by atoms with Crippen LogP contribution in [0.2, 0.25) is 0 Å². The molecule has 6 heteroatoms. The molecule has 0 unspecified atom stereocenters. The molecule has 0 saturated heterocycles. The van der Waals surface area contributed by atoms with Gasteiger partial charge in [0.05, 0.1) is 10.7 Å². The predicted molar refractivity (Wildman–Crippen MR) is 56.2 cm³/mol. The van der Waals surface area contributed by atoms with Gasteiger partial charge in [0, 0.05) is 0 Å². The number of pyridine rings is 1. The summed E-state index contributed by atoms with van der Waals surface area (Å²) in [5.41, 5.74) is -0.332. The summed E-state index contributed by atoms with van der Waals surface area (Å²) in [4.78, 5) is 3.64. The molecule has 2 nitrogen and oxygen atoms in total. The number of rotatable bonds is 2. The highest BCUT2D eigenvalue weighted by atomic mass is 127. The Labute approximate surface area is 96.0 Å². The number of ether oxygens (including phenoxy) is 1. The lowest BCUT2D eigenvalue weighted by molar-refractivity contribution is 0.141. The van der Waals surface area contributed by atoms with Crippen LogP contribution in [-0.4, -0.2) is 12.1 Å². The maximum absolute atomic E-state index is 12.4. The van der Waals surface area contributed by atoms with E-state index in [0.717, 1.165) is 0 Å². The minimum absolute atomic E-state index is 0.138. The maximum atomic E-state index is 12.4. The first-order valence-electron chi connectivity index (χ1n) is 3.24. The van der Waals surface area contributed by atoms with Gasteiger partial charge >= 0.3 is 0 Å². The van der Waals surface area contributed by atoms with Crippen molar-refractivity contribution in [3.8, 4) is 5.75 Å². The van der Waals surface area contributed by atoms with Crippen molar-refractivity contribution >= 4 is 38.5 Å². The molecule has 1 heterocycles. The fourth-order valence-electron chi connectivity index (χ4n) is 0.841. The number of halogens is 4. The number of nitrogens with zero attached hydrogens (tertiary/aromatic N) is 1. The average molecular weight is 364 g/mol. The van der Waals surface area contributed by atoms with Gasteiger partial charge in [-0.05, 0) is 44.6 Å². The van der Waals surface area contributed by atoms with Crippen molar-refractivity contribution < 1.29 is 13.5 Å². The molecule has 0 amide bonds. The summed E-state index contributed by atoms with van der Waals surface area (Å²) in [6.07, 6.45) is -2.62. The number of aromatic nitrogens is 1. The second-order valence-corrected chi connectivity index (χ2v) is 4.12. The Kier molecular flexibility index (Phi) is 3.84. The number of hydrogen-bond donors (Lipinski definition) is 0. The van der Waals surface area contributed by atoms with Crippen molar-refractivity contribution in [1.29, 1.82) is 0 Å². The zero-order valence-electron chi connectivity index (χ0n) is 6.52. The molecule has 0 aliphatic heterocycles. The molecular formula is C7H5BrF2INO. The molecule has 0 fully saturated rings. The number of hydrogen-bond acceptors (Lipinski definition) is 2. The van der Waals surface area contributed by atoms with E-state index >= 15 is 0 Å². The highest BCUT2D eigenvalue weighted by Gasteiger charge is 2.19. The van der Waals surface area contributed by atoms with Crippen LogP contribution in [0.3, 0.4) is 0 Å². The standard InChI is InChI=1S/C7H5BrF2INO/c1-13-6-3(11)2-4(8)12-5(6)7(9)10/h2,7H,1H3. The lowest BCUT2D eigenvalue weighted by Crippen LogP contribution is -1.99. The SMILES string of the molecule is COc1c(I)cc(Br)nc1C(F)F. The van der Waals surface area contributed by atoms with Gasteiger partial charge in [-0.15, -0.1) is 0 Å². The average Bonchev–Trinajstić information content (AvgIpc) is 2.02. The van der Waals surface area contributed by atoms with Gasteiger partial charge in [-0.3, -0.25) is 0 Å². The third-order valence-electron chi connectivity index (χ3n) is 1.33. The second kappa shape index (κ2) is 4.50. The van der Waals surface area contributed by atoms with Gasteiger partial charge in [0.2, 0.25) is 0 Å². The molecule has 0 N–H and O–H groups in total. The highest BCUT2D eigenvalue weighted by molar-refractivity contribution is 14.1. The summed E-state index contributed by atoms with van der Waals surface area (Å²) >= 11 is 4.96. The van der Waals surface area contributed by atoms with Crippen LogP contribution in [-0.2, 0) is 0 Å². The molecule has 1 aromatic heterocycles. The third-order valence-corrected chi connectivity index (χ3v) is 2.54. The van der Waals surface area contributed by atoms with Crippen LogP contribution < -0.4 is 4.74 Å². The maximum Gasteiger partial charge on any atom is 0.284 e. The number of alkyl halides is 2. The van der Waals surface area contributed by atoms with E-state index in [2.05, 4.69) is 20.9 Å². The van der Waals surface area contributed by atoms with Crippen LogP contribution in [0.15, 0.2) is 10.7 Å². The van der Waals surface area contributed by atoms with Crippen LogP contribution in [0.25, 0.3) is 0 Å². The van der Waals surface area contributed by atoms with E-state index in [9.17, 15) is 8.78 Å². The lowest BCUT2D eigenvalue weighted by atomic mass is 10.3. The van der Waals surface area contributed by atoms with Crippen molar-refractivity contribution in [2.24, 2.45) is 0 Å². The van der Waals surface area contributed by atoms with E-state index in [0.29, 0.717) is 8.17 Å². The largest absolute Gasteiger partial charge is 0.493 e. The first-order chi connectivity index (χ1) is 6.06. The van der Waals surface area contributed by atoms with Crippen molar-refractivity contribution in [1.82, 2.24) is 4.98 Å². The normalized spacial score (nSPS) is 10.6. The molecule has 0 radical (unpaired) electrons. The molecule has 0 bridgehead atoms. The smallest absolute Gasteiger partial charge is 0.284 e. The molecule has 0 aliphatic rings. The molecule has 1 aromatic rings. The fourth-order valence-corrected chi connectivity index (χ4v) is 2.48. The Morgan fingerprint density at radius 2 is 2.23 bits per heavy atom. The van der Waals surface area contributed by atoms with E-state index in [1.54, 1.807) is 6.07 Å². The topological polar surface area (TPSA) is 22.1 Å². The van der Waals surface area contributed by atoms with E-state index < -0.39 is 6.43 Å². The fraction of sp³-hybridized carbons (Fsp3) is 0.286. The van der Waals surface area contributed by atoms with E-state index in [1.807, 2.05) is 22.6 Å². The first kappa shape index (κ1) is 11.1. The van der Waals surface area contributed by atoms with Gasteiger partial charge < -0.3 is 4.74 Å². The van der Waals surface area contributed by atoms with Crippen molar-refractivity contribution in [3.05, 3.63) is 19.9 Å². The molecule has 0 aromatic carbocycles. The Bertz CT molecular complexity index is 322. The zero-order valence-corrected chi connectivity index (χ0v) is 10.3. The zero-order chi connectivity index (χ0) is 10.0. The Balaban J connectivity index is 3.29. The molecule has 0 spiro atoms. The van der Waals surface area contributed by atoms with Gasteiger partial charge in [-0.25, -0.2) is 13.8 Å². The monoisotopic (exact) mass is 363 g/mol. The Morgan fingerprint density at radius 3 is 2.69 bits per heavy atom. The van der Waals surface area contributed by atoms with Crippen molar-refractivity contribution in [2.75, 3.05) is 7.11 Å². The van der Waals surface area contributed by atoms with Gasteiger partial charge in [0.1, 0.15) is 4.60 Å². The van der Waals surface area contributed by atoms with Gasteiger partial charge in [-0.1, -0.05) is 0 Å². The highest BCUT2D eigenvalue weighted by Crippen LogP contribution is 2.32. The lowest BCUT2D eigenvalue weighted by Gasteiger charge is -2.08. The Hall–Kier alpha value is 0.0200. The van der Waals surface area contributed by atoms with Crippen LogP contribution in [0, 0.1) is 3.57 Å². The third kappa shape index (κ3) is 2.49. The predicted octanol–water partition coefficient (Wildman–Crippen LogP) is 3.39. The summed E-state index contributed by atoms with van der Waals surface area (Å²) < 4.78 is 30.6. The van der Waals surface area contributed by atoms with E-state index in [-0.39, 0.29) is 11.4 Å². The minimum Gasteiger partial charge on any atom is -0.493 e. The summed E-state index contributed by atoms with van der Waals surface area (Å²) in [5.74, 6) is 0.138. The van der Waals surface area contributed by atoms with E-state index in [1.165, 1.54) is 7.11 Å². The second-order valence-electron chi connectivity index (χ2n) is 2.15. The molecule has 13 heavy (non-hydrogen) atoms. The van der Waals surface area contributed by atoms with Crippen LogP contribution in [0.4, 0.5) is 8.78 Å².